The molecule has 5 atom stereocenters. The molecular weight excluding hydrogens is 795 g/mol. The molecule has 0 unspecified atom stereocenters. The number of aromatic nitrogens is 3. The van der Waals surface area contributed by atoms with Crippen molar-refractivity contribution in [1.29, 1.82) is 0 Å². The SMILES string of the molecule is COc1ccc2c(O[C@@H]3C[C@H]4C(=O)N[C@]5(C(=O)NS(=O)(=O)C6(C)CC6)C[C@H]5/C=C\CCCCC[C@H](Nc5ncco5)C(=O)N4C3)cc(-c3nc(C(C)C)cs3)nc2c1C. The highest BCUT2D eigenvalue weighted by molar-refractivity contribution is 7.91. The molecule has 3 fully saturated rings. The van der Waals surface area contributed by atoms with E-state index in [1.165, 1.54) is 28.7 Å². The fourth-order valence-corrected chi connectivity index (χ4v) is 10.3. The highest BCUT2D eigenvalue weighted by Gasteiger charge is 2.63. The molecule has 17 heteroatoms. The molecular formula is C42H51N7O8S2. The van der Waals surface area contributed by atoms with Gasteiger partial charge in [-0.3, -0.25) is 19.1 Å². The van der Waals surface area contributed by atoms with Crippen molar-refractivity contribution in [3.63, 3.8) is 0 Å². The maximum absolute atomic E-state index is 14.7. The molecule has 3 aromatic heterocycles. The minimum atomic E-state index is -3.98. The van der Waals surface area contributed by atoms with Crippen LogP contribution in [-0.4, -0.2) is 88.1 Å². The Bertz CT molecular complexity index is 2390. The molecule has 4 aromatic rings. The number of allylic oxidation sites excluding steroid dienone is 1. The number of anilines is 1. The Morgan fingerprint density at radius 3 is 2.66 bits per heavy atom. The summed E-state index contributed by atoms with van der Waals surface area (Å²) in [5, 5.41) is 9.59. The van der Waals surface area contributed by atoms with E-state index in [1.54, 1.807) is 14.0 Å². The van der Waals surface area contributed by atoms with E-state index < -0.39 is 56.2 Å². The van der Waals surface area contributed by atoms with Crippen molar-refractivity contribution in [3.8, 4) is 22.2 Å². The smallest absolute Gasteiger partial charge is 0.295 e. The van der Waals surface area contributed by atoms with Crippen LogP contribution in [0.1, 0.15) is 95.7 Å². The maximum atomic E-state index is 14.7. The number of nitrogens with one attached hydrogen (secondary N) is 3. The fraction of sp³-hybridized carbons (Fsp3) is 0.524. The van der Waals surface area contributed by atoms with Crippen LogP contribution in [0.2, 0.25) is 0 Å². The second-order valence-electron chi connectivity index (χ2n) is 16.8. The van der Waals surface area contributed by atoms with Crippen LogP contribution in [0.25, 0.3) is 21.6 Å². The lowest BCUT2D eigenvalue weighted by Crippen LogP contribution is -2.58. The predicted octanol–water partition coefficient (Wildman–Crippen LogP) is 6.01. The number of carbonyl (C=O) groups is 3. The first-order chi connectivity index (χ1) is 28.2. The van der Waals surface area contributed by atoms with Crippen molar-refractivity contribution in [2.75, 3.05) is 19.0 Å². The van der Waals surface area contributed by atoms with Gasteiger partial charge in [0.05, 0.1) is 35.8 Å². The molecule has 5 heterocycles. The van der Waals surface area contributed by atoms with E-state index in [0.29, 0.717) is 42.0 Å². The molecule has 1 aromatic carbocycles. The summed E-state index contributed by atoms with van der Waals surface area (Å²) in [6, 6.07) is 3.95. The number of fused-ring (bicyclic) bond motifs is 3. The van der Waals surface area contributed by atoms with Crippen LogP contribution in [0, 0.1) is 12.8 Å². The summed E-state index contributed by atoms with van der Waals surface area (Å²) < 4.78 is 45.7. The van der Waals surface area contributed by atoms with Crippen molar-refractivity contribution in [1.82, 2.24) is 29.9 Å². The van der Waals surface area contributed by atoms with Crippen LogP contribution in [0.5, 0.6) is 11.5 Å². The second kappa shape index (κ2) is 15.9. The third-order valence-electron chi connectivity index (χ3n) is 12.2. The summed E-state index contributed by atoms with van der Waals surface area (Å²) in [5.41, 5.74) is 1.57. The van der Waals surface area contributed by atoms with Crippen LogP contribution >= 0.6 is 11.3 Å². The number of oxazole rings is 1. The van der Waals surface area contributed by atoms with E-state index in [2.05, 4.69) is 34.2 Å². The van der Waals surface area contributed by atoms with Gasteiger partial charge >= 0.3 is 0 Å². The number of hydrogen-bond donors (Lipinski definition) is 3. The number of sulfonamides is 1. The zero-order valence-electron chi connectivity index (χ0n) is 33.9. The van der Waals surface area contributed by atoms with E-state index in [9.17, 15) is 22.8 Å². The number of ether oxygens (including phenoxy) is 2. The van der Waals surface area contributed by atoms with Crippen molar-refractivity contribution in [2.24, 2.45) is 5.92 Å². The molecule has 1 saturated heterocycles. The van der Waals surface area contributed by atoms with Crippen molar-refractivity contribution < 1.29 is 36.7 Å². The monoisotopic (exact) mass is 845 g/mol. The zero-order valence-corrected chi connectivity index (χ0v) is 35.6. The average molecular weight is 846 g/mol. The summed E-state index contributed by atoms with van der Waals surface area (Å²) in [5.74, 6) is -0.698. The minimum absolute atomic E-state index is 0.0545. The average Bonchev–Trinajstić information content (AvgIpc) is 3.79. The Labute approximate surface area is 347 Å². The van der Waals surface area contributed by atoms with E-state index in [-0.39, 0.29) is 37.2 Å². The molecule has 2 saturated carbocycles. The van der Waals surface area contributed by atoms with Gasteiger partial charge in [-0.05, 0) is 70.4 Å². The van der Waals surface area contributed by atoms with Gasteiger partial charge in [-0.1, -0.05) is 38.8 Å². The predicted molar refractivity (Wildman–Crippen MR) is 223 cm³/mol. The summed E-state index contributed by atoms with van der Waals surface area (Å²) in [4.78, 5) is 58.9. The van der Waals surface area contributed by atoms with Crippen molar-refractivity contribution in [3.05, 3.63) is 59.4 Å². The molecule has 2 aliphatic heterocycles. The first kappa shape index (κ1) is 40.7. The van der Waals surface area contributed by atoms with Crippen LogP contribution in [0.3, 0.4) is 0 Å². The van der Waals surface area contributed by atoms with Gasteiger partial charge in [-0.2, -0.15) is 0 Å². The Morgan fingerprint density at radius 1 is 1.14 bits per heavy atom. The first-order valence-corrected chi connectivity index (χ1v) is 22.7. The fourth-order valence-electron chi connectivity index (χ4n) is 8.05. The van der Waals surface area contributed by atoms with Gasteiger partial charge in [0.2, 0.25) is 21.8 Å². The first-order valence-electron chi connectivity index (χ1n) is 20.3. The summed E-state index contributed by atoms with van der Waals surface area (Å²) in [6.07, 6.45) is 11.0. The number of benzene rings is 1. The lowest BCUT2D eigenvalue weighted by atomic mass is 10.0. The molecule has 59 heavy (non-hydrogen) atoms. The number of nitrogens with zero attached hydrogens (tertiary/aromatic N) is 4. The van der Waals surface area contributed by atoms with Gasteiger partial charge < -0.3 is 29.4 Å². The number of aryl methyl sites for hydroxylation is 1. The summed E-state index contributed by atoms with van der Waals surface area (Å²) in [7, 11) is -2.38. The Kier molecular flexibility index (Phi) is 11.0. The molecule has 0 bridgehead atoms. The Morgan fingerprint density at radius 2 is 1.95 bits per heavy atom. The molecule has 3 amide bonds. The Balaban J connectivity index is 1.15. The summed E-state index contributed by atoms with van der Waals surface area (Å²) >= 11 is 1.49. The summed E-state index contributed by atoms with van der Waals surface area (Å²) in [6.45, 7) is 7.76. The van der Waals surface area contributed by atoms with Gasteiger partial charge in [0.1, 0.15) is 52.2 Å². The standard InChI is InChI=1S/C42H51N7O8S2/c1-24(2)31-23-58-37(45-31)30-20-34(28-13-14-33(55-5)25(3)35(28)44-30)57-27-19-32-36(50)47-42(39(52)48-59(53,54)41(4)15-16-41)21-26(42)11-9-7-6-8-10-12-29(38(51)49(32)22-27)46-40-43-17-18-56-40/h9,11,13-14,17-18,20,23-24,26-27,29,32H,6-8,10,12,15-16,19,21-22H2,1-5H3,(H,43,46)(H,47,50)(H,48,52)/b11-9-/t26-,27-,29+,32+,42-/m1/s1. The van der Waals surface area contributed by atoms with Crippen LogP contribution in [0.4, 0.5) is 6.01 Å². The molecule has 8 rings (SSSR count). The number of amides is 3. The highest BCUT2D eigenvalue weighted by atomic mass is 32.2. The molecule has 2 aliphatic carbocycles. The normalized spacial score (nSPS) is 26.2. The van der Waals surface area contributed by atoms with E-state index >= 15 is 0 Å². The molecule has 15 nitrogen and oxygen atoms in total. The number of rotatable bonds is 10. The topological polar surface area (TPSA) is 195 Å². The quantitative estimate of drug-likeness (QED) is 0.158. The molecule has 0 spiro atoms. The highest BCUT2D eigenvalue weighted by Crippen LogP contribution is 2.48. The third kappa shape index (κ3) is 8.02. The molecule has 3 N–H and O–H groups in total. The molecule has 0 radical (unpaired) electrons. The van der Waals surface area contributed by atoms with Crippen LogP contribution in [0.15, 0.2) is 52.6 Å². The molecule has 4 aliphatic rings. The maximum Gasteiger partial charge on any atom is 0.295 e. The largest absolute Gasteiger partial charge is 0.496 e. The molecule has 314 valence electrons. The van der Waals surface area contributed by atoms with E-state index in [4.69, 9.17) is 23.9 Å². The van der Waals surface area contributed by atoms with Gasteiger partial charge in [-0.25, -0.2) is 23.4 Å². The second-order valence-corrected chi connectivity index (χ2v) is 19.8. The van der Waals surface area contributed by atoms with Gasteiger partial charge in [0.15, 0.2) is 0 Å². The lowest BCUT2D eigenvalue weighted by molar-refractivity contribution is -0.140. The number of methoxy groups -OCH3 is 1. The van der Waals surface area contributed by atoms with Crippen LogP contribution < -0.4 is 24.8 Å². The van der Waals surface area contributed by atoms with Crippen LogP contribution in [-0.2, 0) is 24.4 Å². The third-order valence-corrected chi connectivity index (χ3v) is 15.2. The van der Waals surface area contributed by atoms with Gasteiger partial charge in [0, 0.05) is 34.7 Å². The van der Waals surface area contributed by atoms with Crippen molar-refractivity contribution in [2.45, 2.75) is 120 Å². The zero-order chi connectivity index (χ0) is 41.7. The lowest BCUT2D eigenvalue weighted by Gasteiger charge is -2.29. The number of pyridine rings is 1. The van der Waals surface area contributed by atoms with Gasteiger partial charge in [0.25, 0.3) is 11.9 Å². The minimum Gasteiger partial charge on any atom is -0.496 e. The number of carbonyl (C=O) groups excluding carboxylic acids is 3. The number of thiazole rings is 1. The number of hydrogen-bond acceptors (Lipinski definition) is 13. The van der Waals surface area contributed by atoms with E-state index in [1.807, 2.05) is 42.7 Å². The Hall–Kier alpha value is -5.03. The van der Waals surface area contributed by atoms with E-state index in [0.717, 1.165) is 47.3 Å². The van der Waals surface area contributed by atoms with Crippen molar-refractivity contribution >= 4 is 56.0 Å². The van der Waals surface area contributed by atoms with Gasteiger partial charge in [-0.15, -0.1) is 11.3 Å².